The van der Waals surface area contributed by atoms with Crippen LogP contribution in [0.3, 0.4) is 0 Å². The number of carboxylic acid groups (broad SMARTS) is 1. The van der Waals surface area contributed by atoms with Crippen LogP contribution >= 0.6 is 11.6 Å². The number of para-hydroxylation sites is 1. The number of aryl methyl sites for hydroxylation is 1. The van der Waals surface area contributed by atoms with Gasteiger partial charge < -0.3 is 9.84 Å². The maximum absolute atomic E-state index is 11.0. The van der Waals surface area contributed by atoms with E-state index in [1.54, 1.807) is 13.0 Å². The number of halogens is 1. The number of benzene rings is 2. The van der Waals surface area contributed by atoms with E-state index >= 15 is 0 Å². The lowest BCUT2D eigenvalue weighted by atomic mass is 10.1. The molecule has 4 heteroatoms. The first-order valence-corrected chi connectivity index (χ1v) is 5.72. The monoisotopic (exact) mass is 262 g/mol. The summed E-state index contributed by atoms with van der Waals surface area (Å²) in [6.07, 6.45) is 0. The molecule has 1 N–H and O–H groups in total. The van der Waals surface area contributed by atoms with E-state index in [0.717, 1.165) is 0 Å². The zero-order chi connectivity index (χ0) is 13.1. The van der Waals surface area contributed by atoms with Gasteiger partial charge in [-0.3, -0.25) is 0 Å². The Morgan fingerprint density at radius 3 is 2.39 bits per heavy atom. The molecule has 0 amide bonds. The van der Waals surface area contributed by atoms with Gasteiger partial charge in [-0.15, -0.1) is 0 Å². The first-order valence-electron chi connectivity index (χ1n) is 5.34. The average Bonchev–Trinajstić information content (AvgIpc) is 2.28. The van der Waals surface area contributed by atoms with E-state index in [2.05, 4.69) is 0 Å². The van der Waals surface area contributed by atoms with Gasteiger partial charge in [-0.1, -0.05) is 29.8 Å². The first-order chi connectivity index (χ1) is 8.58. The summed E-state index contributed by atoms with van der Waals surface area (Å²) in [5, 5.41) is 9.18. The molecule has 0 spiro atoms. The molecule has 0 heterocycles. The van der Waals surface area contributed by atoms with Crippen LogP contribution in [0.15, 0.2) is 42.5 Å². The average molecular weight is 263 g/mol. The predicted molar refractivity (Wildman–Crippen MR) is 69.7 cm³/mol. The molecule has 0 atom stereocenters. The lowest BCUT2D eigenvalue weighted by Gasteiger charge is -2.09. The van der Waals surface area contributed by atoms with Crippen LogP contribution in [0.1, 0.15) is 15.9 Å². The topological polar surface area (TPSA) is 46.5 Å². The van der Waals surface area contributed by atoms with Gasteiger partial charge >= 0.3 is 5.97 Å². The third kappa shape index (κ3) is 2.63. The van der Waals surface area contributed by atoms with Gasteiger partial charge in [-0.05, 0) is 30.7 Å². The van der Waals surface area contributed by atoms with E-state index in [1.807, 2.05) is 30.3 Å². The second kappa shape index (κ2) is 5.10. The van der Waals surface area contributed by atoms with Crippen molar-refractivity contribution in [2.45, 2.75) is 6.92 Å². The third-order valence-electron chi connectivity index (χ3n) is 2.45. The molecule has 2 rings (SSSR count). The molecule has 3 nitrogen and oxygen atoms in total. The minimum Gasteiger partial charge on any atom is -0.478 e. The summed E-state index contributed by atoms with van der Waals surface area (Å²) in [5.74, 6) is 0.161. The highest BCUT2D eigenvalue weighted by Crippen LogP contribution is 2.29. The lowest BCUT2D eigenvalue weighted by molar-refractivity contribution is 0.0696. The Morgan fingerprint density at radius 1 is 1.17 bits per heavy atom. The largest absolute Gasteiger partial charge is 0.478 e. The summed E-state index contributed by atoms with van der Waals surface area (Å²) in [4.78, 5) is 11.0. The van der Waals surface area contributed by atoms with E-state index in [1.165, 1.54) is 6.07 Å². The number of ether oxygens (including phenoxy) is 1. The Bertz CT molecular complexity index is 556. The van der Waals surface area contributed by atoms with Crippen molar-refractivity contribution in [3.63, 3.8) is 0 Å². The van der Waals surface area contributed by atoms with Crippen LogP contribution < -0.4 is 4.74 Å². The molecule has 2 aromatic rings. The van der Waals surface area contributed by atoms with Crippen LogP contribution in [-0.4, -0.2) is 11.1 Å². The van der Waals surface area contributed by atoms with Crippen LogP contribution in [0, 0.1) is 6.92 Å². The standard InChI is InChI=1S/C14H11ClO3/c1-9-7-11(8-12(15)13(9)14(16)17)18-10-5-3-2-4-6-10/h2-8H,1H3,(H,16,17). The molecule has 0 aliphatic carbocycles. The molecule has 0 saturated heterocycles. The van der Waals surface area contributed by atoms with Crippen molar-refractivity contribution < 1.29 is 14.6 Å². The van der Waals surface area contributed by atoms with Gasteiger partial charge in [-0.2, -0.15) is 0 Å². The summed E-state index contributed by atoms with van der Waals surface area (Å²) < 4.78 is 5.60. The Labute approximate surface area is 110 Å². The van der Waals surface area contributed by atoms with Gasteiger partial charge in [0.2, 0.25) is 0 Å². The molecular formula is C14H11ClO3. The van der Waals surface area contributed by atoms with Crippen LogP contribution in [0.5, 0.6) is 11.5 Å². The summed E-state index contributed by atoms with van der Waals surface area (Å²) in [5.41, 5.74) is 0.679. The summed E-state index contributed by atoms with van der Waals surface area (Å²) >= 11 is 5.94. The molecule has 18 heavy (non-hydrogen) atoms. The maximum Gasteiger partial charge on any atom is 0.337 e. The smallest absolute Gasteiger partial charge is 0.337 e. The van der Waals surface area contributed by atoms with Crippen molar-refractivity contribution >= 4 is 17.6 Å². The molecule has 0 radical (unpaired) electrons. The first kappa shape index (κ1) is 12.5. The van der Waals surface area contributed by atoms with Gasteiger partial charge in [0.05, 0.1) is 10.6 Å². The molecular weight excluding hydrogens is 252 g/mol. The zero-order valence-electron chi connectivity index (χ0n) is 9.68. The zero-order valence-corrected chi connectivity index (χ0v) is 10.4. The van der Waals surface area contributed by atoms with E-state index < -0.39 is 5.97 Å². The van der Waals surface area contributed by atoms with Crippen molar-refractivity contribution in [2.24, 2.45) is 0 Å². The SMILES string of the molecule is Cc1cc(Oc2ccccc2)cc(Cl)c1C(=O)O. The minimum atomic E-state index is -1.04. The molecule has 0 saturated carbocycles. The quantitative estimate of drug-likeness (QED) is 0.904. The Balaban J connectivity index is 2.34. The molecule has 2 aromatic carbocycles. The Kier molecular flexibility index (Phi) is 3.53. The Morgan fingerprint density at radius 2 is 1.83 bits per heavy atom. The molecule has 0 unspecified atom stereocenters. The molecule has 0 fully saturated rings. The predicted octanol–water partition coefficient (Wildman–Crippen LogP) is 4.14. The highest BCUT2D eigenvalue weighted by Gasteiger charge is 2.14. The van der Waals surface area contributed by atoms with Crippen LogP contribution in [0.25, 0.3) is 0 Å². The lowest BCUT2D eigenvalue weighted by Crippen LogP contribution is -2.01. The molecule has 92 valence electrons. The number of aromatic carboxylic acids is 1. The van der Waals surface area contributed by atoms with Gasteiger partial charge in [0.15, 0.2) is 0 Å². The van der Waals surface area contributed by atoms with E-state index in [4.69, 9.17) is 21.4 Å². The number of rotatable bonds is 3. The fraction of sp³-hybridized carbons (Fsp3) is 0.0714. The molecule has 0 aliphatic rings. The minimum absolute atomic E-state index is 0.108. The highest BCUT2D eigenvalue weighted by atomic mass is 35.5. The van der Waals surface area contributed by atoms with E-state index in [0.29, 0.717) is 17.1 Å². The maximum atomic E-state index is 11.0. The summed E-state index contributed by atoms with van der Waals surface area (Å²) in [6, 6.07) is 12.4. The summed E-state index contributed by atoms with van der Waals surface area (Å²) in [7, 11) is 0. The number of hydrogen-bond acceptors (Lipinski definition) is 2. The Hall–Kier alpha value is -2.00. The number of hydrogen-bond donors (Lipinski definition) is 1. The van der Waals surface area contributed by atoms with Gasteiger partial charge in [0.1, 0.15) is 11.5 Å². The normalized spacial score (nSPS) is 10.1. The van der Waals surface area contributed by atoms with Crippen LogP contribution in [0.2, 0.25) is 5.02 Å². The number of carbonyl (C=O) groups is 1. The highest BCUT2D eigenvalue weighted by molar-refractivity contribution is 6.33. The van der Waals surface area contributed by atoms with Crippen LogP contribution in [0.4, 0.5) is 0 Å². The van der Waals surface area contributed by atoms with Gasteiger partial charge in [0.25, 0.3) is 0 Å². The second-order valence-corrected chi connectivity index (χ2v) is 4.22. The van der Waals surface area contributed by atoms with E-state index in [9.17, 15) is 4.79 Å². The van der Waals surface area contributed by atoms with Crippen molar-refractivity contribution in [3.8, 4) is 11.5 Å². The fourth-order valence-corrected chi connectivity index (χ4v) is 2.00. The second-order valence-electron chi connectivity index (χ2n) is 3.82. The molecule has 0 aliphatic heterocycles. The van der Waals surface area contributed by atoms with Crippen LogP contribution in [-0.2, 0) is 0 Å². The third-order valence-corrected chi connectivity index (χ3v) is 2.75. The van der Waals surface area contributed by atoms with Crippen molar-refractivity contribution in [3.05, 3.63) is 58.6 Å². The van der Waals surface area contributed by atoms with E-state index in [-0.39, 0.29) is 10.6 Å². The van der Waals surface area contributed by atoms with Crippen molar-refractivity contribution in [1.82, 2.24) is 0 Å². The number of carboxylic acids is 1. The van der Waals surface area contributed by atoms with Crippen molar-refractivity contribution in [1.29, 1.82) is 0 Å². The van der Waals surface area contributed by atoms with Gasteiger partial charge in [-0.25, -0.2) is 4.79 Å². The molecule has 0 aromatic heterocycles. The van der Waals surface area contributed by atoms with Gasteiger partial charge in [0, 0.05) is 6.07 Å². The summed E-state index contributed by atoms with van der Waals surface area (Å²) in [6.45, 7) is 1.69. The van der Waals surface area contributed by atoms with Crippen molar-refractivity contribution in [2.75, 3.05) is 0 Å². The molecule has 0 bridgehead atoms. The fourth-order valence-electron chi connectivity index (χ4n) is 1.67.